The predicted molar refractivity (Wildman–Crippen MR) is 83.9 cm³/mol. The highest BCUT2D eigenvalue weighted by Crippen LogP contribution is 2.22. The summed E-state index contributed by atoms with van der Waals surface area (Å²) in [4.78, 5) is 16.6. The first-order chi connectivity index (χ1) is 9.90. The summed E-state index contributed by atoms with van der Waals surface area (Å²) in [6.07, 6.45) is 1.71. The van der Waals surface area contributed by atoms with Gasteiger partial charge in [-0.15, -0.1) is 0 Å². The lowest BCUT2D eigenvalue weighted by Crippen LogP contribution is -2.16. The van der Waals surface area contributed by atoms with E-state index in [1.807, 2.05) is 6.07 Å². The Balaban J connectivity index is 2.19. The Kier molecular flexibility index (Phi) is 4.26. The molecule has 0 aliphatic heterocycles. The second kappa shape index (κ2) is 5.95. The van der Waals surface area contributed by atoms with Gasteiger partial charge < -0.3 is 10.1 Å². The number of aromatic nitrogens is 1. The van der Waals surface area contributed by atoms with Crippen molar-refractivity contribution in [3.63, 3.8) is 0 Å². The summed E-state index contributed by atoms with van der Waals surface area (Å²) < 4.78 is 5.13. The van der Waals surface area contributed by atoms with Gasteiger partial charge in [-0.2, -0.15) is 0 Å². The smallest absolute Gasteiger partial charge is 0.255 e. The summed E-state index contributed by atoms with van der Waals surface area (Å²) in [5.74, 6) is 0.493. The van der Waals surface area contributed by atoms with Crippen LogP contribution in [0.1, 0.15) is 36.8 Å². The summed E-state index contributed by atoms with van der Waals surface area (Å²) in [6.45, 7) is 6.26. The molecule has 0 radical (unpaired) electrons. The van der Waals surface area contributed by atoms with E-state index in [1.165, 1.54) is 0 Å². The molecule has 0 unspecified atom stereocenters. The number of methoxy groups -OCH3 is 1. The van der Waals surface area contributed by atoms with Crippen LogP contribution < -0.4 is 10.1 Å². The summed E-state index contributed by atoms with van der Waals surface area (Å²) >= 11 is 0. The third-order valence-electron chi connectivity index (χ3n) is 3.12. The van der Waals surface area contributed by atoms with Crippen LogP contribution >= 0.6 is 0 Å². The van der Waals surface area contributed by atoms with E-state index < -0.39 is 0 Å². The Hall–Kier alpha value is -2.36. The summed E-state index contributed by atoms with van der Waals surface area (Å²) in [6, 6.07) is 10.7. The van der Waals surface area contributed by atoms with E-state index >= 15 is 0 Å². The van der Waals surface area contributed by atoms with Crippen LogP contribution in [-0.2, 0) is 5.41 Å². The molecule has 4 heteroatoms. The number of rotatable bonds is 3. The normalized spacial score (nSPS) is 11.0. The van der Waals surface area contributed by atoms with Crippen molar-refractivity contribution < 1.29 is 9.53 Å². The highest BCUT2D eigenvalue weighted by Gasteiger charge is 2.16. The molecule has 4 nitrogen and oxygen atoms in total. The van der Waals surface area contributed by atoms with Crippen LogP contribution in [0.3, 0.4) is 0 Å². The fraction of sp³-hybridized carbons (Fsp3) is 0.294. The Labute approximate surface area is 125 Å². The first-order valence-corrected chi connectivity index (χ1v) is 6.82. The van der Waals surface area contributed by atoms with E-state index in [9.17, 15) is 4.79 Å². The van der Waals surface area contributed by atoms with Gasteiger partial charge in [0.05, 0.1) is 7.11 Å². The molecule has 2 aromatic rings. The van der Waals surface area contributed by atoms with Gasteiger partial charge in [-0.25, -0.2) is 0 Å². The zero-order chi connectivity index (χ0) is 15.5. The number of carbonyl (C=O) groups is 1. The maximum absolute atomic E-state index is 12.3. The highest BCUT2D eigenvalue weighted by atomic mass is 16.5. The lowest BCUT2D eigenvalue weighted by atomic mass is 9.91. The van der Waals surface area contributed by atoms with Gasteiger partial charge in [0, 0.05) is 28.6 Å². The number of benzene rings is 1. The molecule has 1 aromatic carbocycles. The van der Waals surface area contributed by atoms with Crippen LogP contribution in [0.4, 0.5) is 5.69 Å². The van der Waals surface area contributed by atoms with Crippen molar-refractivity contribution in [2.24, 2.45) is 0 Å². The van der Waals surface area contributed by atoms with E-state index in [0.717, 1.165) is 11.4 Å². The Morgan fingerprint density at radius 1 is 1.19 bits per heavy atom. The van der Waals surface area contributed by atoms with E-state index in [1.54, 1.807) is 43.6 Å². The molecule has 0 saturated heterocycles. The van der Waals surface area contributed by atoms with Crippen LogP contribution in [-0.4, -0.2) is 18.0 Å². The Bertz CT molecular complexity index is 645. The van der Waals surface area contributed by atoms with Crippen LogP contribution in [0.25, 0.3) is 0 Å². The number of pyridine rings is 1. The zero-order valence-electron chi connectivity index (χ0n) is 12.8. The monoisotopic (exact) mass is 284 g/mol. The minimum Gasteiger partial charge on any atom is -0.497 e. The number of anilines is 1. The molecule has 0 aliphatic carbocycles. The van der Waals surface area contributed by atoms with Gasteiger partial charge in [-0.3, -0.25) is 9.78 Å². The molecule has 0 saturated carbocycles. The Morgan fingerprint density at radius 2 is 1.95 bits per heavy atom. The van der Waals surface area contributed by atoms with E-state index in [-0.39, 0.29) is 11.3 Å². The number of hydrogen-bond donors (Lipinski definition) is 1. The molecule has 0 atom stereocenters. The third kappa shape index (κ3) is 3.81. The van der Waals surface area contributed by atoms with E-state index in [2.05, 4.69) is 31.1 Å². The molecule has 1 heterocycles. The highest BCUT2D eigenvalue weighted by molar-refractivity contribution is 6.04. The largest absolute Gasteiger partial charge is 0.497 e. The van der Waals surface area contributed by atoms with Gasteiger partial charge in [0.25, 0.3) is 5.91 Å². The number of nitrogens with zero attached hydrogens (tertiary/aromatic N) is 1. The summed E-state index contributed by atoms with van der Waals surface area (Å²) in [5, 5.41) is 2.89. The second-order valence-corrected chi connectivity index (χ2v) is 5.87. The third-order valence-corrected chi connectivity index (χ3v) is 3.12. The van der Waals surface area contributed by atoms with Crippen LogP contribution in [0, 0.1) is 0 Å². The average Bonchev–Trinajstić information content (AvgIpc) is 2.46. The maximum atomic E-state index is 12.3. The van der Waals surface area contributed by atoms with Crippen molar-refractivity contribution in [1.29, 1.82) is 0 Å². The lowest BCUT2D eigenvalue weighted by molar-refractivity contribution is 0.102. The molecular weight excluding hydrogens is 264 g/mol. The van der Waals surface area contributed by atoms with Crippen molar-refractivity contribution >= 4 is 11.6 Å². The van der Waals surface area contributed by atoms with Crippen LogP contribution in [0.15, 0.2) is 42.6 Å². The molecule has 0 spiro atoms. The molecule has 0 fully saturated rings. The fourth-order valence-corrected chi connectivity index (χ4v) is 1.89. The van der Waals surface area contributed by atoms with Gasteiger partial charge in [0.2, 0.25) is 0 Å². The molecular formula is C17H20N2O2. The zero-order valence-corrected chi connectivity index (χ0v) is 12.8. The van der Waals surface area contributed by atoms with Crippen LogP contribution in [0.2, 0.25) is 0 Å². The number of amides is 1. The summed E-state index contributed by atoms with van der Waals surface area (Å²) in [5.41, 5.74) is 2.17. The van der Waals surface area contributed by atoms with Crippen molar-refractivity contribution in [2.75, 3.05) is 12.4 Å². The number of carbonyl (C=O) groups excluding carboxylic acids is 1. The molecule has 0 aliphatic rings. The number of hydrogen-bond acceptors (Lipinski definition) is 3. The predicted octanol–water partition coefficient (Wildman–Crippen LogP) is 3.64. The van der Waals surface area contributed by atoms with Crippen molar-refractivity contribution in [3.05, 3.63) is 53.9 Å². The molecule has 1 aromatic heterocycles. The van der Waals surface area contributed by atoms with Crippen molar-refractivity contribution in [3.8, 4) is 5.75 Å². The number of ether oxygens (including phenoxy) is 1. The first-order valence-electron chi connectivity index (χ1n) is 6.82. The van der Waals surface area contributed by atoms with Crippen LogP contribution in [0.5, 0.6) is 5.75 Å². The first kappa shape index (κ1) is 15.0. The van der Waals surface area contributed by atoms with Crippen molar-refractivity contribution in [2.45, 2.75) is 26.2 Å². The standard InChI is InChI=1S/C17H20N2O2/c1-17(2,3)15-11-13(8-9-18-15)19-16(20)12-6-5-7-14(10-12)21-4/h5-11H,1-4H3,(H,18,19,20). The van der Waals surface area contributed by atoms with Gasteiger partial charge >= 0.3 is 0 Å². The quantitative estimate of drug-likeness (QED) is 0.936. The minimum absolute atomic E-state index is 0.0588. The molecule has 1 amide bonds. The van der Waals surface area contributed by atoms with Gasteiger partial charge in [-0.1, -0.05) is 26.8 Å². The van der Waals surface area contributed by atoms with Gasteiger partial charge in [0.1, 0.15) is 5.75 Å². The molecule has 0 bridgehead atoms. The molecule has 110 valence electrons. The number of nitrogens with one attached hydrogen (secondary N) is 1. The Morgan fingerprint density at radius 3 is 2.62 bits per heavy atom. The SMILES string of the molecule is COc1cccc(C(=O)Nc2ccnc(C(C)(C)C)c2)c1. The topological polar surface area (TPSA) is 51.2 Å². The van der Waals surface area contributed by atoms with E-state index in [0.29, 0.717) is 11.3 Å². The molecule has 21 heavy (non-hydrogen) atoms. The van der Waals surface area contributed by atoms with Gasteiger partial charge in [0.15, 0.2) is 0 Å². The fourth-order valence-electron chi connectivity index (χ4n) is 1.89. The molecule has 2 rings (SSSR count). The van der Waals surface area contributed by atoms with E-state index in [4.69, 9.17) is 4.74 Å². The average molecular weight is 284 g/mol. The minimum atomic E-state index is -0.167. The van der Waals surface area contributed by atoms with Gasteiger partial charge in [-0.05, 0) is 30.3 Å². The molecule has 1 N–H and O–H groups in total. The second-order valence-electron chi connectivity index (χ2n) is 5.87. The van der Waals surface area contributed by atoms with Crippen molar-refractivity contribution in [1.82, 2.24) is 4.98 Å². The summed E-state index contributed by atoms with van der Waals surface area (Å²) in [7, 11) is 1.58. The maximum Gasteiger partial charge on any atom is 0.255 e. The lowest BCUT2D eigenvalue weighted by Gasteiger charge is -2.18.